The van der Waals surface area contributed by atoms with Gasteiger partial charge in [-0.1, -0.05) is 0 Å². The van der Waals surface area contributed by atoms with Crippen LogP contribution in [-0.4, -0.2) is 36.5 Å². The maximum absolute atomic E-state index is 11.0. The summed E-state index contributed by atoms with van der Waals surface area (Å²) in [6.07, 6.45) is 1.06. The van der Waals surface area contributed by atoms with E-state index in [9.17, 15) is 4.79 Å². The van der Waals surface area contributed by atoms with Crippen molar-refractivity contribution in [2.75, 3.05) is 7.11 Å². The predicted molar refractivity (Wildman–Crippen MR) is 61.9 cm³/mol. The van der Waals surface area contributed by atoms with Gasteiger partial charge in [-0.3, -0.25) is 0 Å². The topological polar surface area (TPSA) is 26.3 Å². The Bertz CT molecular complexity index is 326. The van der Waals surface area contributed by atoms with Gasteiger partial charge in [0.2, 0.25) is 0 Å². The summed E-state index contributed by atoms with van der Waals surface area (Å²) in [5.41, 5.74) is 1.38. The second-order valence-electron chi connectivity index (χ2n) is 4.15. The van der Waals surface area contributed by atoms with Crippen LogP contribution >= 0.6 is 0 Å². The molecular formula is C12H15InO2. The zero-order valence-corrected chi connectivity index (χ0v) is 12.2. The molecule has 2 nitrogen and oxygen atoms in total. The molecule has 1 saturated heterocycles. The normalized spacial score (nSPS) is 25.5. The Kier molecular flexibility index (Phi) is 3.87. The number of carbonyl (C=O) groups is 1. The summed E-state index contributed by atoms with van der Waals surface area (Å²) >= 11 is -2.01. The van der Waals surface area contributed by atoms with Crippen LogP contribution in [-0.2, 0) is 9.53 Å². The Morgan fingerprint density at radius 1 is 1.40 bits per heavy atom. The maximum atomic E-state index is 11.0. The zero-order chi connectivity index (χ0) is 10.7. The number of hydrogen-bond donors (Lipinski definition) is 0. The van der Waals surface area contributed by atoms with Crippen LogP contribution in [0.1, 0.15) is 17.9 Å². The van der Waals surface area contributed by atoms with Gasteiger partial charge >= 0.3 is 98.4 Å². The number of carbonyl (C=O) groups excluding carboxylic acids is 1. The molecule has 1 fully saturated rings. The van der Waals surface area contributed by atoms with Crippen LogP contribution in [0.15, 0.2) is 30.3 Å². The Hall–Kier alpha value is -0.280. The monoisotopic (exact) mass is 306 g/mol. The van der Waals surface area contributed by atoms with E-state index >= 15 is 0 Å². The Labute approximate surface area is 98.2 Å². The fourth-order valence-electron chi connectivity index (χ4n) is 2.44. The molecule has 2 atom stereocenters. The van der Waals surface area contributed by atoms with E-state index in [0.29, 0.717) is 9.78 Å². The Balaban J connectivity index is 2.11. The third-order valence-electron chi connectivity index (χ3n) is 3.30. The number of hydrogen-bond acceptors (Lipinski definition) is 2. The average molecular weight is 306 g/mol. The number of rotatable bonds is 3. The summed E-state index contributed by atoms with van der Waals surface area (Å²) in [5, 5.41) is 0. The van der Waals surface area contributed by atoms with Crippen molar-refractivity contribution in [1.29, 1.82) is 0 Å². The van der Waals surface area contributed by atoms with Crippen molar-refractivity contribution in [2.24, 2.45) is 0 Å². The van der Waals surface area contributed by atoms with Crippen molar-refractivity contribution >= 4 is 25.5 Å². The van der Waals surface area contributed by atoms with E-state index < -0.39 is 21.4 Å². The summed E-state index contributed by atoms with van der Waals surface area (Å²) in [6, 6.07) is 10.5. The molecule has 1 aliphatic rings. The van der Waals surface area contributed by atoms with E-state index in [1.165, 1.54) is 9.61 Å². The first-order chi connectivity index (χ1) is 7.35. The van der Waals surface area contributed by atoms with Crippen molar-refractivity contribution in [2.45, 2.75) is 20.4 Å². The van der Waals surface area contributed by atoms with Crippen molar-refractivity contribution in [3.63, 3.8) is 0 Å². The zero-order valence-electron chi connectivity index (χ0n) is 8.93. The van der Waals surface area contributed by atoms with Crippen molar-refractivity contribution in [3.05, 3.63) is 35.9 Å². The molecule has 0 aromatic heterocycles. The fraction of sp³-hybridized carbons (Fsp3) is 0.417. The second-order valence-corrected chi connectivity index (χ2v) is 12.2. The van der Waals surface area contributed by atoms with Crippen LogP contribution < -0.4 is 0 Å². The molecule has 1 aromatic rings. The van der Waals surface area contributed by atoms with Crippen molar-refractivity contribution < 1.29 is 9.53 Å². The molecule has 0 bridgehead atoms. The molecule has 1 aromatic carbocycles. The minimum absolute atomic E-state index is 0.314. The molecule has 2 rings (SSSR count). The molecule has 1 aliphatic heterocycles. The van der Waals surface area contributed by atoms with Crippen LogP contribution in [0, 0.1) is 0 Å². The Morgan fingerprint density at radius 2 is 2.13 bits per heavy atom. The van der Waals surface area contributed by atoms with E-state index in [4.69, 9.17) is 4.74 Å². The molecule has 2 unspecified atom stereocenters. The van der Waals surface area contributed by atoms with Gasteiger partial charge in [0.15, 0.2) is 0 Å². The first-order valence-corrected chi connectivity index (χ1v) is 11.5. The van der Waals surface area contributed by atoms with Gasteiger partial charge in [0.05, 0.1) is 0 Å². The van der Waals surface area contributed by atoms with Crippen LogP contribution in [0.4, 0.5) is 0 Å². The number of methoxy groups -OCH3 is 1. The quantitative estimate of drug-likeness (QED) is 0.799. The minimum atomic E-state index is -2.01. The summed E-state index contributed by atoms with van der Waals surface area (Å²) in [7, 11) is 1.74. The molecule has 15 heavy (non-hydrogen) atoms. The van der Waals surface area contributed by atoms with Crippen LogP contribution in [0.2, 0.25) is 4.18 Å². The molecule has 0 radical (unpaired) electrons. The fourth-order valence-corrected chi connectivity index (χ4v) is 10.3. The first-order valence-electron chi connectivity index (χ1n) is 5.38. The summed E-state index contributed by atoms with van der Waals surface area (Å²) in [4.78, 5) is 11.0. The van der Waals surface area contributed by atoms with Crippen LogP contribution in [0.25, 0.3) is 0 Å². The van der Waals surface area contributed by atoms with Gasteiger partial charge in [-0.05, 0) is 0 Å². The summed E-state index contributed by atoms with van der Waals surface area (Å²) < 4.78 is 8.12. The van der Waals surface area contributed by atoms with Gasteiger partial charge in [0, 0.05) is 0 Å². The number of benzene rings is 1. The third kappa shape index (κ3) is 2.45. The van der Waals surface area contributed by atoms with Crippen molar-refractivity contribution in [3.8, 4) is 0 Å². The van der Waals surface area contributed by atoms with Crippen molar-refractivity contribution in [1.82, 2.24) is 0 Å². The van der Waals surface area contributed by atoms with E-state index in [-0.39, 0.29) is 0 Å². The van der Waals surface area contributed by atoms with Gasteiger partial charge < -0.3 is 0 Å². The molecule has 0 N–H and O–H groups in total. The van der Waals surface area contributed by atoms with E-state index in [1.54, 1.807) is 7.11 Å². The van der Waals surface area contributed by atoms with E-state index in [0.717, 1.165) is 10.6 Å². The standard InChI is InChI=1S/C11H14O.CHO.In/c1-10(8-9-12-2)11-6-4-3-5-7-11;1-2;/h3-7,9-10H,1,8H2,2H3;1H;. The molecule has 78 valence electrons. The van der Waals surface area contributed by atoms with E-state index in [2.05, 4.69) is 24.3 Å². The first kappa shape index (κ1) is 11.2. The van der Waals surface area contributed by atoms with Crippen LogP contribution in [0.5, 0.6) is 0 Å². The SMILES string of the molecule is CO[CH]1CC(c2ccccc2)[CH2][In]1[CH]=O. The second kappa shape index (κ2) is 5.17. The van der Waals surface area contributed by atoms with Gasteiger partial charge in [-0.25, -0.2) is 0 Å². The predicted octanol–water partition coefficient (Wildman–Crippen LogP) is 1.99. The number of ether oxygens (including phenoxy) is 1. The van der Waals surface area contributed by atoms with Gasteiger partial charge in [0.1, 0.15) is 0 Å². The van der Waals surface area contributed by atoms with Gasteiger partial charge in [-0.2, -0.15) is 0 Å². The van der Waals surface area contributed by atoms with E-state index in [1.807, 2.05) is 6.07 Å². The summed E-state index contributed by atoms with van der Waals surface area (Å²) in [5.74, 6) is 0.571. The molecule has 0 spiro atoms. The molecular weight excluding hydrogens is 291 g/mol. The van der Waals surface area contributed by atoms with Gasteiger partial charge in [-0.15, -0.1) is 0 Å². The molecule has 3 heteroatoms. The molecule has 0 amide bonds. The Morgan fingerprint density at radius 3 is 2.67 bits per heavy atom. The molecule has 1 heterocycles. The van der Waals surface area contributed by atoms with Gasteiger partial charge in [0.25, 0.3) is 0 Å². The van der Waals surface area contributed by atoms with Crippen LogP contribution in [0.3, 0.4) is 0 Å². The molecule has 0 saturated carbocycles. The molecule has 0 aliphatic carbocycles. The summed E-state index contributed by atoms with van der Waals surface area (Å²) in [6.45, 7) is 0. The average Bonchev–Trinajstić information content (AvgIpc) is 2.73. The third-order valence-corrected chi connectivity index (χ3v) is 11.8.